The van der Waals surface area contributed by atoms with Gasteiger partial charge in [-0.25, -0.2) is 0 Å². The summed E-state index contributed by atoms with van der Waals surface area (Å²) in [5, 5.41) is 1.35. The standard InChI is InChI=1S/C18H22N2/c1-5-7-10-14(3)19-13-18-15(6-2)16-11-8-9-12-17(16)20(18)4/h5,7-12H,1,6,13H2,2-4H3/b10-7-,19-14?. The van der Waals surface area contributed by atoms with Crippen molar-refractivity contribution in [1.82, 2.24) is 4.57 Å². The van der Waals surface area contributed by atoms with E-state index in [0.29, 0.717) is 0 Å². The number of aliphatic imine (C=N–C) groups is 1. The lowest BCUT2D eigenvalue weighted by molar-refractivity contribution is 0.832. The second-order valence-electron chi connectivity index (χ2n) is 4.91. The van der Waals surface area contributed by atoms with Crippen LogP contribution in [-0.4, -0.2) is 10.3 Å². The lowest BCUT2D eigenvalue weighted by Crippen LogP contribution is -1.99. The van der Waals surface area contributed by atoms with Gasteiger partial charge in [0.2, 0.25) is 0 Å². The van der Waals surface area contributed by atoms with Gasteiger partial charge in [-0.3, -0.25) is 4.99 Å². The minimum atomic E-state index is 0.724. The van der Waals surface area contributed by atoms with Gasteiger partial charge in [0, 0.05) is 29.4 Å². The van der Waals surface area contributed by atoms with Crippen molar-refractivity contribution < 1.29 is 0 Å². The minimum absolute atomic E-state index is 0.724. The lowest BCUT2D eigenvalue weighted by atomic mass is 10.1. The van der Waals surface area contributed by atoms with Gasteiger partial charge >= 0.3 is 0 Å². The van der Waals surface area contributed by atoms with E-state index in [0.717, 1.165) is 18.7 Å². The molecule has 2 rings (SSSR count). The molecule has 1 aromatic heterocycles. The molecule has 0 spiro atoms. The van der Waals surface area contributed by atoms with E-state index in [1.807, 2.05) is 19.1 Å². The molecular weight excluding hydrogens is 244 g/mol. The van der Waals surface area contributed by atoms with Crippen LogP contribution in [0, 0.1) is 0 Å². The number of hydrogen-bond donors (Lipinski definition) is 0. The number of benzene rings is 1. The highest BCUT2D eigenvalue weighted by molar-refractivity contribution is 5.93. The van der Waals surface area contributed by atoms with Crippen LogP contribution in [0.5, 0.6) is 0 Å². The molecule has 0 fully saturated rings. The molecule has 0 aliphatic rings. The van der Waals surface area contributed by atoms with Crippen molar-refractivity contribution in [2.75, 3.05) is 0 Å². The Morgan fingerprint density at radius 3 is 2.80 bits per heavy atom. The summed E-state index contributed by atoms with van der Waals surface area (Å²) in [5.41, 5.74) is 5.03. The zero-order valence-corrected chi connectivity index (χ0v) is 12.6. The Morgan fingerprint density at radius 1 is 1.35 bits per heavy atom. The quantitative estimate of drug-likeness (QED) is 0.562. The Balaban J connectivity index is 2.41. The van der Waals surface area contributed by atoms with Gasteiger partial charge in [-0.15, -0.1) is 0 Å². The van der Waals surface area contributed by atoms with Crippen LogP contribution in [0.2, 0.25) is 0 Å². The van der Waals surface area contributed by atoms with E-state index in [2.05, 4.69) is 54.4 Å². The topological polar surface area (TPSA) is 17.3 Å². The van der Waals surface area contributed by atoms with Crippen molar-refractivity contribution in [2.24, 2.45) is 12.0 Å². The average molecular weight is 266 g/mol. The summed E-state index contributed by atoms with van der Waals surface area (Å²) in [4.78, 5) is 4.66. The summed E-state index contributed by atoms with van der Waals surface area (Å²) in [6.07, 6.45) is 6.71. The van der Waals surface area contributed by atoms with E-state index in [9.17, 15) is 0 Å². The summed E-state index contributed by atoms with van der Waals surface area (Å²) in [7, 11) is 2.13. The van der Waals surface area contributed by atoms with Crippen LogP contribution in [-0.2, 0) is 20.0 Å². The molecule has 2 nitrogen and oxygen atoms in total. The maximum atomic E-state index is 4.66. The van der Waals surface area contributed by atoms with E-state index >= 15 is 0 Å². The average Bonchev–Trinajstić information content (AvgIpc) is 2.75. The van der Waals surface area contributed by atoms with E-state index in [-0.39, 0.29) is 0 Å². The Morgan fingerprint density at radius 2 is 2.10 bits per heavy atom. The van der Waals surface area contributed by atoms with Gasteiger partial charge in [0.05, 0.1) is 6.54 Å². The normalized spacial score (nSPS) is 12.4. The van der Waals surface area contributed by atoms with Crippen LogP contribution in [0.4, 0.5) is 0 Å². The summed E-state index contributed by atoms with van der Waals surface area (Å²) in [6.45, 7) is 8.63. The first-order chi connectivity index (χ1) is 9.69. The number of rotatable bonds is 5. The van der Waals surface area contributed by atoms with Crippen molar-refractivity contribution in [3.63, 3.8) is 0 Å². The summed E-state index contributed by atoms with van der Waals surface area (Å²) < 4.78 is 2.27. The maximum Gasteiger partial charge on any atom is 0.0797 e. The zero-order chi connectivity index (χ0) is 14.5. The predicted octanol–water partition coefficient (Wildman–Crippen LogP) is 4.44. The third kappa shape index (κ3) is 2.74. The largest absolute Gasteiger partial charge is 0.346 e. The van der Waals surface area contributed by atoms with Crippen molar-refractivity contribution >= 4 is 16.6 Å². The van der Waals surface area contributed by atoms with Gasteiger partial charge in [0.25, 0.3) is 0 Å². The molecular formula is C18H22N2. The third-order valence-corrected chi connectivity index (χ3v) is 3.65. The van der Waals surface area contributed by atoms with Crippen molar-refractivity contribution in [1.29, 1.82) is 0 Å². The molecule has 104 valence electrons. The Hall–Kier alpha value is -2.09. The molecule has 0 atom stereocenters. The molecule has 0 bridgehead atoms. The maximum absolute atomic E-state index is 4.66. The fourth-order valence-corrected chi connectivity index (χ4v) is 2.58. The van der Waals surface area contributed by atoms with Crippen LogP contribution in [0.25, 0.3) is 10.9 Å². The van der Waals surface area contributed by atoms with Gasteiger partial charge in [-0.1, -0.05) is 43.9 Å². The smallest absolute Gasteiger partial charge is 0.0797 e. The number of nitrogens with zero attached hydrogens (tertiary/aromatic N) is 2. The van der Waals surface area contributed by atoms with Gasteiger partial charge in [-0.05, 0) is 31.1 Å². The third-order valence-electron chi connectivity index (χ3n) is 3.65. The predicted molar refractivity (Wildman–Crippen MR) is 88.4 cm³/mol. The lowest BCUT2D eigenvalue weighted by Gasteiger charge is -2.04. The second kappa shape index (κ2) is 6.38. The number of allylic oxidation sites excluding steroid dienone is 3. The van der Waals surface area contributed by atoms with Gasteiger partial charge in [-0.2, -0.15) is 0 Å². The fourth-order valence-electron chi connectivity index (χ4n) is 2.58. The van der Waals surface area contributed by atoms with Crippen molar-refractivity contribution in [3.8, 4) is 0 Å². The zero-order valence-electron chi connectivity index (χ0n) is 12.6. The molecule has 0 unspecified atom stereocenters. The SMILES string of the molecule is C=C/C=C\C(C)=NCc1c(CC)c2ccccc2n1C. The molecule has 20 heavy (non-hydrogen) atoms. The molecule has 2 heteroatoms. The van der Waals surface area contributed by atoms with Gasteiger partial charge < -0.3 is 4.57 Å². The number of aryl methyl sites for hydroxylation is 2. The second-order valence-corrected chi connectivity index (χ2v) is 4.91. The van der Waals surface area contributed by atoms with Crippen LogP contribution < -0.4 is 0 Å². The first kappa shape index (κ1) is 14.3. The van der Waals surface area contributed by atoms with Crippen molar-refractivity contribution in [2.45, 2.75) is 26.8 Å². The number of fused-ring (bicyclic) bond motifs is 1. The Labute approximate surface area is 121 Å². The molecule has 0 radical (unpaired) electrons. The highest BCUT2D eigenvalue weighted by atomic mass is 15.0. The van der Waals surface area contributed by atoms with Crippen molar-refractivity contribution in [3.05, 3.63) is 60.3 Å². The molecule has 0 N–H and O–H groups in total. The molecule has 1 heterocycles. The number of aromatic nitrogens is 1. The summed E-state index contributed by atoms with van der Waals surface area (Å²) in [6, 6.07) is 8.57. The highest BCUT2D eigenvalue weighted by Crippen LogP contribution is 2.26. The van der Waals surface area contributed by atoms with E-state index in [1.54, 1.807) is 6.08 Å². The van der Waals surface area contributed by atoms with Crippen LogP contribution in [0.15, 0.2) is 54.1 Å². The van der Waals surface area contributed by atoms with Gasteiger partial charge in [0.15, 0.2) is 0 Å². The first-order valence-corrected chi connectivity index (χ1v) is 7.04. The molecule has 0 saturated carbocycles. The molecule has 0 amide bonds. The highest BCUT2D eigenvalue weighted by Gasteiger charge is 2.12. The molecule has 2 aromatic rings. The van der Waals surface area contributed by atoms with E-state index < -0.39 is 0 Å². The molecule has 0 aliphatic carbocycles. The van der Waals surface area contributed by atoms with Crippen LogP contribution in [0.3, 0.4) is 0 Å². The number of para-hydroxylation sites is 1. The van der Waals surface area contributed by atoms with E-state index in [1.165, 1.54) is 22.2 Å². The van der Waals surface area contributed by atoms with Crippen LogP contribution >= 0.6 is 0 Å². The minimum Gasteiger partial charge on any atom is -0.346 e. The monoisotopic (exact) mass is 266 g/mol. The molecule has 1 aromatic carbocycles. The Bertz CT molecular complexity index is 672. The first-order valence-electron chi connectivity index (χ1n) is 7.04. The molecule has 0 saturated heterocycles. The number of hydrogen-bond acceptors (Lipinski definition) is 1. The van der Waals surface area contributed by atoms with Crippen LogP contribution in [0.1, 0.15) is 25.1 Å². The van der Waals surface area contributed by atoms with E-state index in [4.69, 9.17) is 0 Å². The van der Waals surface area contributed by atoms with Gasteiger partial charge in [0.1, 0.15) is 0 Å². The molecule has 0 aliphatic heterocycles. The Kier molecular flexibility index (Phi) is 4.57. The fraction of sp³-hybridized carbons (Fsp3) is 0.278. The summed E-state index contributed by atoms with van der Waals surface area (Å²) >= 11 is 0. The summed E-state index contributed by atoms with van der Waals surface area (Å²) in [5.74, 6) is 0.